The van der Waals surface area contributed by atoms with Gasteiger partial charge in [-0.15, -0.1) is 0 Å². The van der Waals surface area contributed by atoms with Gasteiger partial charge in [0.1, 0.15) is 17.7 Å². The van der Waals surface area contributed by atoms with Crippen molar-refractivity contribution in [3.8, 4) is 23.3 Å². The summed E-state index contributed by atoms with van der Waals surface area (Å²) in [5, 5.41) is 23.4. The highest BCUT2D eigenvalue weighted by Gasteiger charge is 2.75. The van der Waals surface area contributed by atoms with Crippen LogP contribution in [0.1, 0.15) is 64.7 Å². The number of Topliss-reactive ketones (excluding diaryl/α,β-unsaturated/α-hetero) is 1. The van der Waals surface area contributed by atoms with E-state index < -0.39 is 23.2 Å². The van der Waals surface area contributed by atoms with Crippen LogP contribution < -0.4 is 4.74 Å². The summed E-state index contributed by atoms with van der Waals surface area (Å²) in [4.78, 5) is 31.1. The van der Waals surface area contributed by atoms with Gasteiger partial charge < -0.3 is 19.8 Å². The fourth-order valence-corrected chi connectivity index (χ4v) is 7.88. The third-order valence-electron chi connectivity index (χ3n) is 10.2. The molecule has 2 aliphatic heterocycles. The third kappa shape index (κ3) is 3.31. The van der Waals surface area contributed by atoms with E-state index in [1.165, 1.54) is 24.5 Å². The Kier molecular flexibility index (Phi) is 5.27. The second-order valence-corrected chi connectivity index (χ2v) is 12.3. The number of ketones is 1. The van der Waals surface area contributed by atoms with Gasteiger partial charge in [0.2, 0.25) is 0 Å². The van der Waals surface area contributed by atoms with E-state index in [9.17, 15) is 19.8 Å². The quantitative estimate of drug-likeness (QED) is 0.598. The first-order valence-electron chi connectivity index (χ1n) is 14.1. The van der Waals surface area contributed by atoms with Crippen molar-refractivity contribution < 1.29 is 24.5 Å². The smallest absolute Gasteiger partial charge is 0.298 e. The summed E-state index contributed by atoms with van der Waals surface area (Å²) in [5.74, 6) is 6.24. The van der Waals surface area contributed by atoms with Gasteiger partial charge in [0.05, 0.1) is 11.5 Å². The lowest BCUT2D eigenvalue weighted by atomic mass is 9.48. The van der Waals surface area contributed by atoms with Crippen LogP contribution in [0.25, 0.3) is 0 Å². The standard InChI is InChI=1S/C32H34N2O5/c1-18-4-5-20(16-19(18)2)8-11-25(36)33(3)23-12-13-32(38)29-27(37)22-9-10-24(35)28-26(22)31(32,30(23)39-28)14-15-34(29)17-21-6-7-21/h4-5,9-10,16,21,23,29-30,35,38H,6-7,12-15,17H2,1-3H3/t23-,29-,30+,31+,32-/m1/s1. The molecule has 0 aromatic heterocycles. The monoisotopic (exact) mass is 526 g/mol. The van der Waals surface area contributed by atoms with Gasteiger partial charge >= 0.3 is 0 Å². The Bertz CT molecular complexity index is 1490. The van der Waals surface area contributed by atoms with Crippen LogP contribution in [0.2, 0.25) is 0 Å². The summed E-state index contributed by atoms with van der Waals surface area (Å²) >= 11 is 0. The molecule has 2 heterocycles. The SMILES string of the molecule is Cc1ccc(C#CC(=O)N(C)[C@@H]2CC[C@@]3(O)[C@H]4C(=O)c5ccc(O)c6c5[C@@]3(CCN4CC3CC3)[C@H]2O6)cc1C. The molecule has 2 N–H and O–H groups in total. The molecule has 1 spiro atoms. The van der Waals surface area contributed by atoms with Gasteiger partial charge in [-0.25, -0.2) is 0 Å². The zero-order valence-electron chi connectivity index (χ0n) is 22.7. The zero-order valence-corrected chi connectivity index (χ0v) is 22.7. The number of piperidine rings is 1. The van der Waals surface area contributed by atoms with E-state index >= 15 is 0 Å². The topological polar surface area (TPSA) is 90.3 Å². The first-order chi connectivity index (χ1) is 18.7. The molecule has 5 atom stereocenters. The molecule has 2 bridgehead atoms. The number of nitrogens with zero attached hydrogens (tertiary/aromatic N) is 2. The van der Waals surface area contributed by atoms with Crippen LogP contribution in [0.5, 0.6) is 11.5 Å². The Morgan fingerprint density at radius 3 is 2.69 bits per heavy atom. The molecule has 5 aliphatic rings. The lowest BCUT2D eigenvalue weighted by Gasteiger charge is -2.63. The van der Waals surface area contributed by atoms with E-state index in [4.69, 9.17) is 4.74 Å². The van der Waals surface area contributed by atoms with Crippen LogP contribution in [0, 0.1) is 31.6 Å². The van der Waals surface area contributed by atoms with E-state index in [0.29, 0.717) is 42.9 Å². The van der Waals surface area contributed by atoms with Crippen molar-refractivity contribution in [2.75, 3.05) is 20.1 Å². The minimum absolute atomic E-state index is 0.0335. The van der Waals surface area contributed by atoms with Gasteiger partial charge in [0, 0.05) is 42.7 Å². The number of ether oxygens (including phenoxy) is 1. The van der Waals surface area contributed by atoms with Gasteiger partial charge in [0.25, 0.3) is 5.91 Å². The molecule has 202 valence electrons. The maximum absolute atomic E-state index is 13.9. The van der Waals surface area contributed by atoms with Gasteiger partial charge in [-0.2, -0.15) is 0 Å². The lowest BCUT2D eigenvalue weighted by Crippen LogP contribution is -2.79. The van der Waals surface area contributed by atoms with Crippen LogP contribution >= 0.6 is 0 Å². The van der Waals surface area contributed by atoms with Crippen LogP contribution in [0.3, 0.4) is 0 Å². The Morgan fingerprint density at radius 2 is 1.95 bits per heavy atom. The normalized spacial score (nSPS) is 32.1. The number of carbonyl (C=O) groups excluding carboxylic acids is 2. The van der Waals surface area contributed by atoms with Crippen molar-refractivity contribution in [2.45, 2.75) is 75.2 Å². The fourth-order valence-electron chi connectivity index (χ4n) is 7.88. The fraction of sp³-hybridized carbons (Fsp3) is 0.500. The van der Waals surface area contributed by atoms with Crippen molar-refractivity contribution in [3.05, 3.63) is 58.1 Å². The molecule has 7 heteroatoms. The second-order valence-electron chi connectivity index (χ2n) is 12.3. The van der Waals surface area contributed by atoms with Crippen molar-refractivity contribution in [2.24, 2.45) is 5.92 Å². The molecular formula is C32H34N2O5. The third-order valence-corrected chi connectivity index (χ3v) is 10.2. The number of phenols is 1. The average Bonchev–Trinajstić information content (AvgIpc) is 3.66. The number of likely N-dealkylation sites (tertiary alicyclic amines) is 1. The molecule has 3 aliphatic carbocycles. The summed E-state index contributed by atoms with van der Waals surface area (Å²) in [5.41, 5.74) is 2.03. The highest BCUT2D eigenvalue weighted by molar-refractivity contribution is 6.06. The minimum Gasteiger partial charge on any atom is -0.504 e. The van der Waals surface area contributed by atoms with Gasteiger partial charge in [-0.1, -0.05) is 12.0 Å². The Morgan fingerprint density at radius 1 is 1.15 bits per heavy atom. The first kappa shape index (κ1) is 24.7. The second kappa shape index (κ2) is 8.33. The lowest BCUT2D eigenvalue weighted by molar-refractivity contribution is -0.187. The van der Waals surface area contributed by atoms with Crippen molar-refractivity contribution in [1.29, 1.82) is 0 Å². The van der Waals surface area contributed by atoms with Crippen molar-refractivity contribution >= 4 is 11.7 Å². The highest BCUT2D eigenvalue weighted by atomic mass is 16.5. The molecule has 2 aromatic carbocycles. The molecule has 39 heavy (non-hydrogen) atoms. The maximum atomic E-state index is 13.9. The minimum atomic E-state index is -1.33. The molecule has 7 rings (SSSR count). The Hall–Kier alpha value is -3.34. The number of hydrogen-bond acceptors (Lipinski definition) is 6. The molecule has 1 saturated heterocycles. The van der Waals surface area contributed by atoms with Crippen LogP contribution in [-0.2, 0) is 10.2 Å². The number of carbonyl (C=O) groups is 2. The number of amides is 1. The largest absolute Gasteiger partial charge is 0.504 e. The maximum Gasteiger partial charge on any atom is 0.298 e. The zero-order chi connectivity index (χ0) is 27.3. The van der Waals surface area contributed by atoms with Crippen LogP contribution in [0.15, 0.2) is 30.3 Å². The predicted molar refractivity (Wildman–Crippen MR) is 145 cm³/mol. The summed E-state index contributed by atoms with van der Waals surface area (Å²) in [6, 6.07) is 8.08. The number of rotatable bonds is 3. The number of phenolic OH excluding ortho intramolecular Hbond substituents is 1. The number of aromatic hydroxyl groups is 1. The molecular weight excluding hydrogens is 492 g/mol. The van der Waals surface area contributed by atoms with E-state index in [-0.39, 0.29) is 29.2 Å². The van der Waals surface area contributed by atoms with Crippen LogP contribution in [-0.4, -0.2) is 75.6 Å². The van der Waals surface area contributed by atoms with Crippen LogP contribution in [0.4, 0.5) is 0 Å². The molecule has 0 radical (unpaired) electrons. The van der Waals surface area contributed by atoms with E-state index in [2.05, 4.69) is 16.7 Å². The van der Waals surface area contributed by atoms with Gasteiger partial charge in [0.15, 0.2) is 17.3 Å². The molecule has 2 aromatic rings. The Balaban J connectivity index is 1.27. The molecule has 1 amide bonds. The summed E-state index contributed by atoms with van der Waals surface area (Å²) in [7, 11) is 1.74. The molecule has 3 fully saturated rings. The summed E-state index contributed by atoms with van der Waals surface area (Å²) in [6.07, 6.45) is 3.18. The van der Waals surface area contributed by atoms with E-state index in [0.717, 1.165) is 17.7 Å². The van der Waals surface area contributed by atoms with Crippen molar-refractivity contribution in [3.63, 3.8) is 0 Å². The number of aryl methyl sites for hydroxylation is 2. The summed E-state index contributed by atoms with van der Waals surface area (Å²) in [6.45, 7) is 5.54. The number of likely N-dealkylation sites (N-methyl/N-ethyl adjacent to an activating group) is 1. The summed E-state index contributed by atoms with van der Waals surface area (Å²) < 4.78 is 6.50. The van der Waals surface area contributed by atoms with Gasteiger partial charge in [-0.3, -0.25) is 14.5 Å². The predicted octanol–water partition coefficient (Wildman–Crippen LogP) is 3.09. The number of hydrogen-bond donors (Lipinski definition) is 2. The van der Waals surface area contributed by atoms with Crippen molar-refractivity contribution in [1.82, 2.24) is 9.80 Å². The van der Waals surface area contributed by atoms with E-state index in [1.54, 1.807) is 18.0 Å². The average molecular weight is 527 g/mol. The molecule has 0 unspecified atom stereocenters. The molecule has 2 saturated carbocycles. The van der Waals surface area contributed by atoms with E-state index in [1.807, 2.05) is 32.0 Å². The first-order valence-corrected chi connectivity index (χ1v) is 14.1. The molecule has 7 nitrogen and oxygen atoms in total. The number of benzene rings is 2. The van der Waals surface area contributed by atoms with Gasteiger partial charge in [-0.05, 0) is 87.3 Å². The number of aliphatic hydroxyl groups is 1. The highest BCUT2D eigenvalue weighted by Crippen LogP contribution is 2.65. The Labute approximate surface area is 228 Å².